The van der Waals surface area contributed by atoms with Crippen LogP contribution in [-0.4, -0.2) is 14.6 Å². The van der Waals surface area contributed by atoms with Crippen LogP contribution in [0.15, 0.2) is 30.5 Å². The Morgan fingerprint density at radius 2 is 2.05 bits per heavy atom. The molecule has 2 N–H and O–H groups in total. The van der Waals surface area contributed by atoms with Crippen LogP contribution in [0.1, 0.15) is 30.5 Å². The summed E-state index contributed by atoms with van der Waals surface area (Å²) in [5, 5.41) is 5.35. The smallest absolute Gasteiger partial charge is 0.212 e. The van der Waals surface area contributed by atoms with Gasteiger partial charge in [-0.05, 0) is 18.9 Å². The number of hydrogen-bond donors (Lipinski definition) is 1. The van der Waals surface area contributed by atoms with Crippen molar-refractivity contribution in [3.05, 3.63) is 41.0 Å². The topological polar surface area (TPSA) is 56.2 Å². The fraction of sp³-hybridized carbons (Fsp3) is 0.286. The standard InChI is InChI=1S/C14H16N4S/c1-3-10-4-6-11(7-5-10)12-8-18-14(16-12)19-13(17-18)9(2)15/h4-9H,3,15H2,1-2H3. The highest BCUT2D eigenvalue weighted by molar-refractivity contribution is 7.16. The van der Waals surface area contributed by atoms with Gasteiger partial charge in [-0.3, -0.25) is 0 Å². The number of imidazole rings is 1. The molecule has 4 nitrogen and oxygen atoms in total. The fourth-order valence-corrected chi connectivity index (χ4v) is 2.78. The highest BCUT2D eigenvalue weighted by Gasteiger charge is 2.11. The zero-order chi connectivity index (χ0) is 13.4. The van der Waals surface area contributed by atoms with Gasteiger partial charge in [-0.25, -0.2) is 9.50 Å². The predicted molar refractivity (Wildman–Crippen MR) is 78.3 cm³/mol. The van der Waals surface area contributed by atoms with Crippen LogP contribution < -0.4 is 5.73 Å². The average Bonchev–Trinajstić information content (AvgIpc) is 2.97. The Kier molecular flexibility index (Phi) is 3.08. The van der Waals surface area contributed by atoms with Gasteiger partial charge in [0.2, 0.25) is 4.96 Å². The maximum atomic E-state index is 5.82. The Hall–Kier alpha value is -1.72. The molecule has 0 bridgehead atoms. The fourth-order valence-electron chi connectivity index (χ4n) is 1.95. The summed E-state index contributed by atoms with van der Waals surface area (Å²) < 4.78 is 1.81. The minimum atomic E-state index is -0.0426. The summed E-state index contributed by atoms with van der Waals surface area (Å²) in [4.78, 5) is 5.50. The van der Waals surface area contributed by atoms with Crippen LogP contribution in [0.5, 0.6) is 0 Å². The SMILES string of the molecule is CCc1ccc(-c2cn3nc(C(C)N)sc3n2)cc1. The number of nitrogens with two attached hydrogens (primary N) is 1. The van der Waals surface area contributed by atoms with E-state index < -0.39 is 0 Å². The maximum absolute atomic E-state index is 5.82. The normalized spacial score (nSPS) is 13.0. The molecule has 98 valence electrons. The maximum Gasteiger partial charge on any atom is 0.212 e. The van der Waals surface area contributed by atoms with E-state index in [1.807, 2.05) is 17.6 Å². The molecule has 19 heavy (non-hydrogen) atoms. The van der Waals surface area contributed by atoms with E-state index in [9.17, 15) is 0 Å². The Morgan fingerprint density at radius 3 is 2.63 bits per heavy atom. The van der Waals surface area contributed by atoms with Crippen molar-refractivity contribution in [3.8, 4) is 11.3 Å². The van der Waals surface area contributed by atoms with Gasteiger partial charge >= 0.3 is 0 Å². The molecule has 5 heteroatoms. The van der Waals surface area contributed by atoms with Gasteiger partial charge in [-0.2, -0.15) is 5.10 Å². The molecule has 2 aromatic heterocycles. The Morgan fingerprint density at radius 1 is 1.32 bits per heavy atom. The van der Waals surface area contributed by atoms with E-state index in [2.05, 4.69) is 41.3 Å². The molecular formula is C14H16N4S. The van der Waals surface area contributed by atoms with Gasteiger partial charge in [0.15, 0.2) is 0 Å². The summed E-state index contributed by atoms with van der Waals surface area (Å²) in [6, 6.07) is 8.46. The van der Waals surface area contributed by atoms with Crippen molar-refractivity contribution < 1.29 is 0 Å². The monoisotopic (exact) mass is 272 g/mol. The molecule has 1 unspecified atom stereocenters. The van der Waals surface area contributed by atoms with E-state index in [0.29, 0.717) is 0 Å². The molecular weight excluding hydrogens is 256 g/mol. The lowest BCUT2D eigenvalue weighted by Crippen LogP contribution is -2.04. The molecule has 0 aliphatic carbocycles. The summed E-state index contributed by atoms with van der Waals surface area (Å²) in [7, 11) is 0. The molecule has 1 aromatic carbocycles. The van der Waals surface area contributed by atoms with Crippen LogP contribution in [0.25, 0.3) is 16.2 Å². The Labute approximate surface area is 115 Å². The van der Waals surface area contributed by atoms with Crippen LogP contribution in [0.4, 0.5) is 0 Å². The van der Waals surface area contributed by atoms with E-state index in [-0.39, 0.29) is 6.04 Å². The zero-order valence-corrected chi connectivity index (χ0v) is 11.8. The first kappa shape index (κ1) is 12.3. The van der Waals surface area contributed by atoms with E-state index in [1.165, 1.54) is 5.56 Å². The number of fused-ring (bicyclic) bond motifs is 1. The van der Waals surface area contributed by atoms with Gasteiger partial charge in [0.05, 0.1) is 17.9 Å². The molecule has 0 radical (unpaired) electrons. The second-order valence-electron chi connectivity index (χ2n) is 4.63. The number of aromatic nitrogens is 3. The van der Waals surface area contributed by atoms with E-state index in [4.69, 9.17) is 5.73 Å². The molecule has 0 amide bonds. The van der Waals surface area contributed by atoms with Crippen LogP contribution in [0, 0.1) is 0 Å². The molecule has 3 rings (SSSR count). The zero-order valence-electron chi connectivity index (χ0n) is 11.0. The molecule has 0 saturated heterocycles. The minimum absolute atomic E-state index is 0.0426. The van der Waals surface area contributed by atoms with Gasteiger partial charge in [-0.15, -0.1) is 0 Å². The van der Waals surface area contributed by atoms with Crippen LogP contribution in [0.2, 0.25) is 0 Å². The van der Waals surface area contributed by atoms with Gasteiger partial charge < -0.3 is 5.73 Å². The van der Waals surface area contributed by atoms with Gasteiger partial charge in [0, 0.05) is 5.56 Å². The quantitative estimate of drug-likeness (QED) is 0.797. The number of benzene rings is 1. The van der Waals surface area contributed by atoms with E-state index >= 15 is 0 Å². The third-order valence-electron chi connectivity index (χ3n) is 3.11. The number of aryl methyl sites for hydroxylation is 1. The molecule has 2 heterocycles. The Bertz CT molecular complexity index is 662. The highest BCUT2D eigenvalue weighted by Crippen LogP contribution is 2.24. The van der Waals surface area contributed by atoms with Crippen molar-refractivity contribution in [2.24, 2.45) is 5.73 Å². The number of nitrogens with zero attached hydrogens (tertiary/aromatic N) is 3. The average molecular weight is 272 g/mol. The summed E-state index contributed by atoms with van der Waals surface area (Å²) in [6.45, 7) is 4.09. The van der Waals surface area contributed by atoms with Gasteiger partial charge in [0.1, 0.15) is 5.01 Å². The Balaban J connectivity index is 1.98. The molecule has 0 saturated carbocycles. The summed E-state index contributed by atoms with van der Waals surface area (Å²) in [5.74, 6) is 0. The van der Waals surface area contributed by atoms with Crippen LogP contribution in [-0.2, 0) is 6.42 Å². The summed E-state index contributed by atoms with van der Waals surface area (Å²) in [6.07, 6.45) is 3.01. The lowest BCUT2D eigenvalue weighted by atomic mass is 10.1. The summed E-state index contributed by atoms with van der Waals surface area (Å²) >= 11 is 1.54. The third-order valence-corrected chi connectivity index (χ3v) is 4.23. The van der Waals surface area contributed by atoms with Crippen molar-refractivity contribution in [1.29, 1.82) is 0 Å². The number of rotatable bonds is 3. The molecule has 3 aromatic rings. The van der Waals surface area contributed by atoms with Crippen LogP contribution in [0.3, 0.4) is 0 Å². The highest BCUT2D eigenvalue weighted by atomic mass is 32.1. The first-order chi connectivity index (χ1) is 9.17. The molecule has 0 fully saturated rings. The van der Waals surface area contributed by atoms with Crippen molar-refractivity contribution in [3.63, 3.8) is 0 Å². The van der Waals surface area contributed by atoms with E-state index in [0.717, 1.165) is 27.6 Å². The molecule has 0 aliphatic heterocycles. The predicted octanol–water partition coefficient (Wildman–Crippen LogP) is 3.04. The third kappa shape index (κ3) is 2.27. The van der Waals surface area contributed by atoms with Crippen molar-refractivity contribution in [2.45, 2.75) is 26.3 Å². The first-order valence-electron chi connectivity index (χ1n) is 6.38. The first-order valence-corrected chi connectivity index (χ1v) is 7.20. The molecule has 1 atom stereocenters. The largest absolute Gasteiger partial charge is 0.322 e. The van der Waals surface area contributed by atoms with Gasteiger partial charge in [0.25, 0.3) is 0 Å². The lowest BCUT2D eigenvalue weighted by molar-refractivity contribution is 0.769. The molecule has 0 spiro atoms. The van der Waals surface area contributed by atoms with Crippen molar-refractivity contribution in [1.82, 2.24) is 14.6 Å². The molecule has 0 aliphatic rings. The van der Waals surface area contributed by atoms with E-state index in [1.54, 1.807) is 11.3 Å². The minimum Gasteiger partial charge on any atom is -0.322 e. The second kappa shape index (κ2) is 4.75. The van der Waals surface area contributed by atoms with Crippen molar-refractivity contribution in [2.75, 3.05) is 0 Å². The summed E-state index contributed by atoms with van der Waals surface area (Å²) in [5.41, 5.74) is 9.24. The van der Waals surface area contributed by atoms with Crippen molar-refractivity contribution >= 4 is 16.3 Å². The lowest BCUT2D eigenvalue weighted by Gasteiger charge is -1.99. The number of hydrogen-bond acceptors (Lipinski definition) is 4. The second-order valence-corrected chi connectivity index (χ2v) is 5.62. The van der Waals surface area contributed by atoms with Gasteiger partial charge in [-0.1, -0.05) is 42.5 Å². The van der Waals surface area contributed by atoms with Crippen LogP contribution >= 0.6 is 11.3 Å².